The van der Waals surface area contributed by atoms with Crippen molar-refractivity contribution in [2.24, 2.45) is 13.0 Å². The van der Waals surface area contributed by atoms with Gasteiger partial charge in [0.1, 0.15) is 11.9 Å². The van der Waals surface area contributed by atoms with Gasteiger partial charge in [-0.3, -0.25) is 9.52 Å². The van der Waals surface area contributed by atoms with E-state index in [0.717, 1.165) is 0 Å². The number of carbonyl (C=O) groups is 2. The highest BCUT2D eigenvalue weighted by atomic mass is 32.2. The van der Waals surface area contributed by atoms with E-state index in [2.05, 4.69) is 15.0 Å². The molecule has 204 valence electrons. The zero-order valence-corrected chi connectivity index (χ0v) is 22.8. The van der Waals surface area contributed by atoms with Gasteiger partial charge in [-0.2, -0.15) is 8.42 Å². The minimum atomic E-state index is -3.98. The van der Waals surface area contributed by atoms with E-state index >= 15 is 0 Å². The number of aryl methyl sites for hydroxylation is 1. The molecule has 3 N–H and O–H groups in total. The lowest BCUT2D eigenvalue weighted by Crippen LogP contribution is -2.51. The monoisotopic (exact) mass is 536 g/mol. The predicted molar refractivity (Wildman–Crippen MR) is 138 cm³/mol. The summed E-state index contributed by atoms with van der Waals surface area (Å²) in [6, 6.07) is 3.69. The summed E-state index contributed by atoms with van der Waals surface area (Å²) in [6.07, 6.45) is 2.27. The highest BCUT2D eigenvalue weighted by molar-refractivity contribution is 7.92. The minimum Gasteiger partial charge on any atom is -0.487 e. The molecule has 1 aliphatic heterocycles. The first kappa shape index (κ1) is 28.3. The van der Waals surface area contributed by atoms with Gasteiger partial charge < -0.3 is 29.5 Å². The molecule has 3 rings (SSSR count). The normalized spacial score (nSPS) is 18.9. The number of rotatable bonds is 8. The maximum absolute atomic E-state index is 13.6. The van der Waals surface area contributed by atoms with Gasteiger partial charge >= 0.3 is 6.03 Å². The number of nitrogens with one attached hydrogen (secondary N) is 2. The van der Waals surface area contributed by atoms with Crippen LogP contribution in [-0.4, -0.2) is 89.7 Å². The van der Waals surface area contributed by atoms with Crippen LogP contribution in [0.1, 0.15) is 38.1 Å². The van der Waals surface area contributed by atoms with Crippen molar-refractivity contribution < 1.29 is 27.9 Å². The Hall–Kier alpha value is -3.32. The molecule has 1 aromatic heterocycles. The van der Waals surface area contributed by atoms with Crippen LogP contribution in [0.2, 0.25) is 0 Å². The first-order chi connectivity index (χ1) is 17.3. The van der Waals surface area contributed by atoms with Crippen molar-refractivity contribution >= 4 is 27.6 Å². The Balaban J connectivity index is 1.96. The lowest BCUT2D eigenvalue weighted by molar-refractivity contribution is 0.0366. The first-order valence-corrected chi connectivity index (χ1v) is 13.6. The zero-order chi connectivity index (χ0) is 27.5. The number of aromatic nitrogens is 2. The van der Waals surface area contributed by atoms with Crippen molar-refractivity contribution in [3.63, 3.8) is 0 Å². The molecule has 0 spiro atoms. The summed E-state index contributed by atoms with van der Waals surface area (Å²) in [5, 5.41) is 12.5. The van der Waals surface area contributed by atoms with Crippen LogP contribution in [0.4, 0.5) is 10.5 Å². The van der Waals surface area contributed by atoms with Gasteiger partial charge in [0.2, 0.25) is 0 Å². The Morgan fingerprint density at radius 2 is 2.03 bits per heavy atom. The third-order valence-electron chi connectivity index (χ3n) is 6.09. The summed E-state index contributed by atoms with van der Waals surface area (Å²) in [6.45, 7) is 7.67. The second-order valence-electron chi connectivity index (χ2n) is 9.80. The number of anilines is 1. The van der Waals surface area contributed by atoms with Crippen molar-refractivity contribution in [3.05, 3.63) is 36.3 Å². The number of hydrogen-bond donors (Lipinski definition) is 3. The topological polar surface area (TPSA) is 146 Å². The van der Waals surface area contributed by atoms with Gasteiger partial charge in [0.15, 0.2) is 5.03 Å². The van der Waals surface area contributed by atoms with E-state index in [9.17, 15) is 23.1 Å². The van der Waals surface area contributed by atoms with Crippen molar-refractivity contribution in [2.45, 2.75) is 50.9 Å². The second-order valence-corrected chi connectivity index (χ2v) is 11.4. The molecule has 12 nitrogen and oxygen atoms in total. The number of benzene rings is 1. The molecule has 0 fully saturated rings. The molecule has 0 saturated heterocycles. The molecule has 0 aliphatic carbocycles. The van der Waals surface area contributed by atoms with Crippen LogP contribution in [0.3, 0.4) is 0 Å². The van der Waals surface area contributed by atoms with E-state index in [1.165, 1.54) is 40.2 Å². The van der Waals surface area contributed by atoms with Gasteiger partial charge in [-0.25, -0.2) is 9.78 Å². The first-order valence-electron chi connectivity index (χ1n) is 12.1. The fourth-order valence-corrected chi connectivity index (χ4v) is 4.98. The molecule has 2 heterocycles. The summed E-state index contributed by atoms with van der Waals surface area (Å²) in [5.41, 5.74) is 0.310. The summed E-state index contributed by atoms with van der Waals surface area (Å²) >= 11 is 0. The van der Waals surface area contributed by atoms with E-state index in [1.807, 2.05) is 20.8 Å². The number of fused-ring (bicyclic) bond motifs is 1. The molecular weight excluding hydrogens is 500 g/mol. The number of ether oxygens (including phenoxy) is 1. The third kappa shape index (κ3) is 6.72. The number of nitrogens with zero attached hydrogens (tertiary/aromatic N) is 4. The lowest BCUT2D eigenvalue weighted by atomic mass is 9.99. The van der Waals surface area contributed by atoms with E-state index in [4.69, 9.17) is 4.74 Å². The average Bonchev–Trinajstić information content (AvgIpc) is 3.27. The van der Waals surface area contributed by atoms with Crippen LogP contribution in [-0.2, 0) is 17.1 Å². The molecule has 1 aliphatic rings. The smallest absolute Gasteiger partial charge is 0.317 e. The van der Waals surface area contributed by atoms with Crippen molar-refractivity contribution in [3.8, 4) is 5.75 Å². The molecule has 0 radical (unpaired) electrons. The van der Waals surface area contributed by atoms with Gasteiger partial charge in [-0.15, -0.1) is 0 Å². The Bertz CT molecular complexity index is 1230. The quantitative estimate of drug-likeness (QED) is 0.463. The predicted octanol–water partition coefficient (Wildman–Crippen LogP) is 1.49. The summed E-state index contributed by atoms with van der Waals surface area (Å²) < 4.78 is 35.8. The second kappa shape index (κ2) is 11.4. The number of imidazole rings is 1. The van der Waals surface area contributed by atoms with Gasteiger partial charge in [-0.05, 0) is 39.0 Å². The number of urea groups is 1. The highest BCUT2D eigenvalue weighted by Gasteiger charge is 2.34. The van der Waals surface area contributed by atoms with Gasteiger partial charge in [-0.1, -0.05) is 6.92 Å². The maximum atomic E-state index is 13.6. The van der Waals surface area contributed by atoms with Crippen LogP contribution in [0.5, 0.6) is 5.75 Å². The van der Waals surface area contributed by atoms with Crippen LogP contribution in [0.25, 0.3) is 0 Å². The molecular formula is C24H36N6O6S. The number of hydrogen-bond acceptors (Lipinski definition) is 7. The highest BCUT2D eigenvalue weighted by Crippen LogP contribution is 2.31. The maximum Gasteiger partial charge on any atom is 0.317 e. The number of sulfonamides is 1. The van der Waals surface area contributed by atoms with Crippen LogP contribution in [0, 0.1) is 5.92 Å². The molecule has 13 heteroatoms. The number of aliphatic hydroxyl groups excluding tert-OH is 1. The van der Waals surface area contributed by atoms with Crippen LogP contribution >= 0.6 is 0 Å². The number of likely N-dealkylation sites (N-methyl/N-ethyl adjacent to an activating group) is 1. The van der Waals surface area contributed by atoms with Gasteiger partial charge in [0.05, 0.1) is 31.1 Å². The molecule has 3 atom stereocenters. The Kier molecular flexibility index (Phi) is 8.69. The molecule has 0 bridgehead atoms. The number of carbonyl (C=O) groups excluding carboxylic acids is 2. The Morgan fingerprint density at radius 3 is 2.62 bits per heavy atom. The molecule has 0 saturated carbocycles. The van der Waals surface area contributed by atoms with Gasteiger partial charge in [0.25, 0.3) is 15.9 Å². The fourth-order valence-electron chi connectivity index (χ4n) is 3.95. The van der Waals surface area contributed by atoms with E-state index in [0.29, 0.717) is 0 Å². The van der Waals surface area contributed by atoms with Gasteiger partial charge in [0, 0.05) is 44.5 Å². The zero-order valence-electron chi connectivity index (χ0n) is 22.0. The summed E-state index contributed by atoms with van der Waals surface area (Å²) in [7, 11) is -0.654. The van der Waals surface area contributed by atoms with Crippen molar-refractivity contribution in [2.75, 3.05) is 31.5 Å². The number of aliphatic hydroxyl groups is 1. The SMILES string of the molecule is CC(C)NC(=O)N(C)C[C@H]1Oc2ccc(NS(=O)(=O)c3cn(C)cn3)cc2C(=O)N([C@@H](C)CO)C[C@@H]1C. The summed E-state index contributed by atoms with van der Waals surface area (Å²) in [4.78, 5) is 33.0. The molecule has 0 unspecified atom stereocenters. The minimum absolute atomic E-state index is 0.0295. The van der Waals surface area contributed by atoms with Crippen molar-refractivity contribution in [1.29, 1.82) is 0 Å². The van der Waals surface area contributed by atoms with E-state index in [1.54, 1.807) is 25.9 Å². The standard InChI is InChI=1S/C24H36N6O6S/c1-15(2)26-24(33)29(6)11-21-16(3)10-30(17(4)13-31)23(32)19-9-18(7-8-20(19)36-21)27-37(34,35)22-12-28(5)14-25-22/h7-9,12,14-17,21,27,31H,10-11,13H2,1-6H3,(H,26,33)/t16-,17-,21+/m0/s1. The molecule has 2 aromatic rings. The molecule has 3 amide bonds. The largest absolute Gasteiger partial charge is 0.487 e. The average molecular weight is 537 g/mol. The Labute approximate surface area is 217 Å². The van der Waals surface area contributed by atoms with Crippen LogP contribution in [0.15, 0.2) is 35.7 Å². The molecule has 37 heavy (non-hydrogen) atoms. The molecule has 1 aromatic carbocycles. The number of amides is 3. The fraction of sp³-hybridized carbons (Fsp3) is 0.542. The summed E-state index contributed by atoms with van der Waals surface area (Å²) in [5.74, 6) is -0.315. The Morgan fingerprint density at radius 1 is 1.32 bits per heavy atom. The lowest BCUT2D eigenvalue weighted by Gasteiger charge is -2.38. The van der Waals surface area contributed by atoms with E-state index in [-0.39, 0.29) is 59.7 Å². The third-order valence-corrected chi connectivity index (χ3v) is 7.35. The van der Waals surface area contributed by atoms with Crippen molar-refractivity contribution in [1.82, 2.24) is 24.7 Å². The van der Waals surface area contributed by atoms with Crippen LogP contribution < -0.4 is 14.8 Å². The van der Waals surface area contributed by atoms with E-state index < -0.39 is 28.1 Å².